The van der Waals surface area contributed by atoms with Gasteiger partial charge in [0.05, 0.1) is 5.75 Å². The van der Waals surface area contributed by atoms with E-state index in [4.69, 9.17) is 11.6 Å². The van der Waals surface area contributed by atoms with Gasteiger partial charge in [0.15, 0.2) is 0 Å². The fourth-order valence-corrected chi connectivity index (χ4v) is 0.878. The third kappa shape index (κ3) is 6.23. The maximum Gasteiger partial charge on any atom is 0.230 e. The smallest absolute Gasteiger partial charge is 0.230 e. The molecule has 0 aliphatic carbocycles. The van der Waals surface area contributed by atoms with Gasteiger partial charge in [0.25, 0.3) is 0 Å². The second-order valence-corrected chi connectivity index (χ2v) is 3.63. The molecule has 0 saturated carbocycles. The summed E-state index contributed by atoms with van der Waals surface area (Å²) in [5.74, 6) is 0.573. The monoisotopic (exact) mass is 181 g/mol. The highest BCUT2D eigenvalue weighted by Crippen LogP contribution is 1.92. The van der Waals surface area contributed by atoms with Gasteiger partial charge < -0.3 is 5.32 Å². The summed E-state index contributed by atoms with van der Waals surface area (Å²) in [6.45, 7) is 2.40. The predicted octanol–water partition coefficient (Wildman–Crippen LogP) is 1.09. The number of nitrogens with one attached hydrogen (secondary N) is 1. The van der Waals surface area contributed by atoms with Crippen molar-refractivity contribution in [3.63, 3.8) is 0 Å². The van der Waals surface area contributed by atoms with E-state index in [2.05, 4.69) is 5.32 Å². The highest BCUT2D eigenvalue weighted by Gasteiger charge is 2.00. The molecular formula is C6H12ClNOS. The molecule has 0 aromatic rings. The van der Waals surface area contributed by atoms with Crippen LogP contribution in [0.3, 0.4) is 0 Å². The summed E-state index contributed by atoms with van der Waals surface area (Å²) in [4.78, 5) is 10.8. The molecule has 0 aromatic carbocycles. The molecular weight excluding hydrogens is 170 g/mol. The van der Waals surface area contributed by atoms with Gasteiger partial charge in [-0.25, -0.2) is 0 Å². The number of rotatable bonds is 4. The Hall–Kier alpha value is 0.110. The van der Waals surface area contributed by atoms with Gasteiger partial charge in [-0.3, -0.25) is 4.79 Å². The third-order valence-corrected chi connectivity index (χ3v) is 1.56. The van der Waals surface area contributed by atoms with Crippen molar-refractivity contribution >= 4 is 29.3 Å². The van der Waals surface area contributed by atoms with Crippen LogP contribution in [-0.2, 0) is 4.79 Å². The van der Waals surface area contributed by atoms with E-state index in [1.165, 1.54) is 11.8 Å². The lowest BCUT2D eigenvalue weighted by atomic mass is 10.4. The average Bonchev–Trinajstić information content (AvgIpc) is 1.85. The number of alkyl halides is 1. The van der Waals surface area contributed by atoms with Gasteiger partial charge >= 0.3 is 0 Å². The van der Waals surface area contributed by atoms with E-state index >= 15 is 0 Å². The Morgan fingerprint density at radius 2 is 2.40 bits per heavy atom. The van der Waals surface area contributed by atoms with Gasteiger partial charge in [-0.15, -0.1) is 11.6 Å². The lowest BCUT2D eigenvalue weighted by Crippen LogP contribution is -2.29. The van der Waals surface area contributed by atoms with Crippen molar-refractivity contribution in [1.29, 1.82) is 0 Å². The largest absolute Gasteiger partial charge is 0.354 e. The molecule has 0 aliphatic rings. The number of amides is 1. The first-order valence-corrected chi connectivity index (χ1v) is 4.89. The summed E-state index contributed by atoms with van der Waals surface area (Å²) in [5.41, 5.74) is 0. The standard InChI is InChI=1S/C6H12ClNOS/c1-5(7)3-8-6(9)4-10-2/h5H,3-4H2,1-2H3,(H,8,9). The van der Waals surface area contributed by atoms with Gasteiger partial charge in [-0.2, -0.15) is 11.8 Å². The maximum absolute atomic E-state index is 10.8. The molecule has 1 N–H and O–H groups in total. The van der Waals surface area contributed by atoms with Crippen LogP contribution in [0.4, 0.5) is 0 Å². The maximum atomic E-state index is 10.8. The number of hydrogen-bond donors (Lipinski definition) is 1. The van der Waals surface area contributed by atoms with Crippen LogP contribution in [-0.4, -0.2) is 29.8 Å². The Bertz CT molecular complexity index is 108. The lowest BCUT2D eigenvalue weighted by molar-refractivity contribution is -0.118. The fourth-order valence-electron chi connectivity index (χ4n) is 0.437. The first-order valence-electron chi connectivity index (χ1n) is 3.06. The normalized spacial score (nSPS) is 12.7. The minimum Gasteiger partial charge on any atom is -0.354 e. The molecule has 0 bridgehead atoms. The third-order valence-electron chi connectivity index (χ3n) is 0.856. The molecule has 0 aliphatic heterocycles. The summed E-state index contributed by atoms with van der Waals surface area (Å²) >= 11 is 7.11. The summed E-state index contributed by atoms with van der Waals surface area (Å²) < 4.78 is 0. The molecule has 1 atom stereocenters. The predicted molar refractivity (Wildman–Crippen MR) is 46.7 cm³/mol. The Balaban J connectivity index is 3.22. The van der Waals surface area contributed by atoms with Crippen molar-refractivity contribution in [2.75, 3.05) is 18.6 Å². The summed E-state index contributed by atoms with van der Waals surface area (Å²) in [5, 5.41) is 2.71. The lowest BCUT2D eigenvalue weighted by Gasteiger charge is -2.03. The molecule has 0 rings (SSSR count). The van der Waals surface area contributed by atoms with Gasteiger partial charge in [-0.1, -0.05) is 0 Å². The molecule has 10 heavy (non-hydrogen) atoms. The summed E-state index contributed by atoms with van der Waals surface area (Å²) in [6.07, 6.45) is 1.89. The number of carbonyl (C=O) groups excluding carboxylic acids is 1. The first kappa shape index (κ1) is 10.1. The van der Waals surface area contributed by atoms with Crippen molar-refractivity contribution in [2.45, 2.75) is 12.3 Å². The van der Waals surface area contributed by atoms with Crippen molar-refractivity contribution in [3.05, 3.63) is 0 Å². The van der Waals surface area contributed by atoms with E-state index < -0.39 is 0 Å². The Kier molecular flexibility index (Phi) is 5.93. The minimum absolute atomic E-state index is 0.0193. The highest BCUT2D eigenvalue weighted by molar-refractivity contribution is 7.99. The molecule has 0 fully saturated rings. The number of hydrogen-bond acceptors (Lipinski definition) is 2. The first-order chi connectivity index (χ1) is 4.66. The fraction of sp³-hybridized carbons (Fsp3) is 0.833. The van der Waals surface area contributed by atoms with Crippen molar-refractivity contribution in [2.24, 2.45) is 0 Å². The second kappa shape index (κ2) is 5.86. The Morgan fingerprint density at radius 3 is 2.80 bits per heavy atom. The number of thioether (sulfide) groups is 1. The number of carbonyl (C=O) groups is 1. The van der Waals surface area contributed by atoms with Crippen molar-refractivity contribution in [3.8, 4) is 0 Å². The van der Waals surface area contributed by atoms with Crippen molar-refractivity contribution < 1.29 is 4.79 Å². The van der Waals surface area contributed by atoms with Crippen molar-refractivity contribution in [1.82, 2.24) is 5.32 Å². The van der Waals surface area contributed by atoms with E-state index in [-0.39, 0.29) is 11.3 Å². The molecule has 0 radical (unpaired) electrons. The Labute approximate surface area is 70.7 Å². The summed E-state index contributed by atoms with van der Waals surface area (Å²) in [7, 11) is 0. The van der Waals surface area contributed by atoms with Crippen LogP contribution >= 0.6 is 23.4 Å². The molecule has 0 heterocycles. The van der Waals surface area contributed by atoms with Crippen LogP contribution in [0, 0.1) is 0 Å². The van der Waals surface area contributed by atoms with E-state index in [0.717, 1.165) is 0 Å². The van der Waals surface area contributed by atoms with E-state index in [1.54, 1.807) is 0 Å². The molecule has 4 heteroatoms. The van der Waals surface area contributed by atoms with Crippen LogP contribution in [0.1, 0.15) is 6.92 Å². The zero-order chi connectivity index (χ0) is 7.98. The highest BCUT2D eigenvalue weighted by atomic mass is 35.5. The molecule has 1 amide bonds. The van der Waals surface area contributed by atoms with Gasteiger partial charge in [0.1, 0.15) is 0 Å². The van der Waals surface area contributed by atoms with Crippen LogP contribution in [0.2, 0.25) is 0 Å². The van der Waals surface area contributed by atoms with Gasteiger partial charge in [0.2, 0.25) is 5.91 Å². The van der Waals surface area contributed by atoms with Gasteiger partial charge in [-0.05, 0) is 13.2 Å². The SMILES string of the molecule is CSCC(=O)NCC(C)Cl. The molecule has 0 spiro atoms. The van der Waals surface area contributed by atoms with E-state index in [9.17, 15) is 4.79 Å². The van der Waals surface area contributed by atoms with Crippen LogP contribution in [0.25, 0.3) is 0 Å². The zero-order valence-electron chi connectivity index (χ0n) is 6.19. The number of halogens is 1. The molecule has 60 valence electrons. The van der Waals surface area contributed by atoms with Crippen LogP contribution in [0.15, 0.2) is 0 Å². The van der Waals surface area contributed by atoms with Gasteiger partial charge in [0, 0.05) is 11.9 Å². The Morgan fingerprint density at radius 1 is 1.80 bits per heavy atom. The zero-order valence-corrected chi connectivity index (χ0v) is 7.76. The van der Waals surface area contributed by atoms with Crippen LogP contribution in [0.5, 0.6) is 0 Å². The molecule has 1 unspecified atom stereocenters. The van der Waals surface area contributed by atoms with E-state index in [1.807, 2.05) is 13.2 Å². The van der Waals surface area contributed by atoms with E-state index in [0.29, 0.717) is 12.3 Å². The average molecular weight is 182 g/mol. The minimum atomic E-state index is 0.0193. The summed E-state index contributed by atoms with van der Waals surface area (Å²) in [6, 6.07) is 0. The van der Waals surface area contributed by atoms with Crippen LogP contribution < -0.4 is 5.32 Å². The second-order valence-electron chi connectivity index (χ2n) is 2.02. The molecule has 0 aromatic heterocycles. The molecule has 2 nitrogen and oxygen atoms in total. The molecule has 0 saturated heterocycles. The topological polar surface area (TPSA) is 29.1 Å². The quantitative estimate of drug-likeness (QED) is 0.659.